The molecule has 1 saturated carbocycles. The fraction of sp³-hybridized carbons (Fsp3) is 0.455. The van der Waals surface area contributed by atoms with Crippen molar-refractivity contribution in [2.24, 2.45) is 0 Å². The number of aromatic nitrogens is 1. The Balaban J connectivity index is 1.99. The van der Waals surface area contributed by atoms with E-state index in [0.717, 1.165) is 12.8 Å². The molecule has 0 aromatic carbocycles. The highest BCUT2D eigenvalue weighted by molar-refractivity contribution is 6.01. The first-order valence-corrected chi connectivity index (χ1v) is 5.57. The van der Waals surface area contributed by atoms with Gasteiger partial charge < -0.3 is 20.1 Å². The number of hydrogen-bond donors (Lipinski definition) is 3. The SMILES string of the molecule is O=C(O)c1cc2c([nH]1)NC(=O)C1(CCCC1)O2. The van der Waals surface area contributed by atoms with Crippen LogP contribution in [-0.4, -0.2) is 27.6 Å². The summed E-state index contributed by atoms with van der Waals surface area (Å²) in [5.41, 5.74) is -0.768. The van der Waals surface area contributed by atoms with Gasteiger partial charge in [-0.2, -0.15) is 0 Å². The first-order valence-electron chi connectivity index (χ1n) is 5.57. The van der Waals surface area contributed by atoms with E-state index >= 15 is 0 Å². The maximum Gasteiger partial charge on any atom is 0.352 e. The number of H-pyrrole nitrogens is 1. The Morgan fingerprint density at radius 3 is 2.76 bits per heavy atom. The van der Waals surface area contributed by atoms with Gasteiger partial charge in [0.25, 0.3) is 5.91 Å². The van der Waals surface area contributed by atoms with Crippen LogP contribution in [0.15, 0.2) is 6.07 Å². The number of anilines is 1. The van der Waals surface area contributed by atoms with Crippen molar-refractivity contribution in [2.45, 2.75) is 31.3 Å². The predicted molar refractivity (Wildman–Crippen MR) is 58.2 cm³/mol. The molecule has 2 heterocycles. The Morgan fingerprint density at radius 1 is 1.41 bits per heavy atom. The molecular weight excluding hydrogens is 224 g/mol. The van der Waals surface area contributed by atoms with Crippen molar-refractivity contribution in [1.29, 1.82) is 0 Å². The molecule has 1 aromatic heterocycles. The normalized spacial score (nSPS) is 20.8. The minimum atomic E-state index is -1.07. The van der Waals surface area contributed by atoms with Gasteiger partial charge in [-0.25, -0.2) is 4.79 Å². The fourth-order valence-corrected chi connectivity index (χ4v) is 2.48. The van der Waals surface area contributed by atoms with Crippen LogP contribution in [0.5, 0.6) is 5.75 Å². The van der Waals surface area contributed by atoms with Gasteiger partial charge in [0.2, 0.25) is 0 Å². The predicted octanol–water partition coefficient (Wildman–Crippen LogP) is 1.36. The Hall–Kier alpha value is -1.98. The van der Waals surface area contributed by atoms with Crippen molar-refractivity contribution in [3.05, 3.63) is 11.8 Å². The van der Waals surface area contributed by atoms with Gasteiger partial charge in [-0.15, -0.1) is 0 Å². The van der Waals surface area contributed by atoms with E-state index in [9.17, 15) is 9.59 Å². The van der Waals surface area contributed by atoms with E-state index in [4.69, 9.17) is 9.84 Å². The third-order valence-corrected chi connectivity index (χ3v) is 3.38. The molecule has 1 aliphatic heterocycles. The summed E-state index contributed by atoms with van der Waals surface area (Å²) in [6.07, 6.45) is 3.29. The summed E-state index contributed by atoms with van der Waals surface area (Å²) < 4.78 is 5.72. The molecule has 1 aliphatic carbocycles. The molecule has 90 valence electrons. The molecule has 6 heteroatoms. The number of hydrogen-bond acceptors (Lipinski definition) is 3. The molecule has 3 N–H and O–H groups in total. The zero-order valence-electron chi connectivity index (χ0n) is 9.08. The Bertz CT molecular complexity index is 500. The van der Waals surface area contributed by atoms with Gasteiger partial charge in [-0.1, -0.05) is 0 Å². The summed E-state index contributed by atoms with van der Waals surface area (Å²) in [4.78, 5) is 25.4. The number of carbonyl (C=O) groups excluding carboxylic acids is 1. The monoisotopic (exact) mass is 236 g/mol. The number of amides is 1. The van der Waals surface area contributed by atoms with Gasteiger partial charge in [0.1, 0.15) is 5.69 Å². The first kappa shape index (κ1) is 10.2. The highest BCUT2D eigenvalue weighted by Gasteiger charge is 2.47. The second kappa shape index (κ2) is 3.26. The summed E-state index contributed by atoms with van der Waals surface area (Å²) in [6, 6.07) is 1.41. The molecule has 1 spiro atoms. The minimum absolute atomic E-state index is 0.0188. The average molecular weight is 236 g/mol. The summed E-state index contributed by atoms with van der Waals surface area (Å²) in [6.45, 7) is 0. The van der Waals surface area contributed by atoms with Crippen molar-refractivity contribution in [2.75, 3.05) is 5.32 Å². The van der Waals surface area contributed by atoms with E-state index in [0.29, 0.717) is 24.4 Å². The lowest BCUT2D eigenvalue weighted by atomic mass is 10.00. The van der Waals surface area contributed by atoms with E-state index in [1.165, 1.54) is 6.07 Å². The van der Waals surface area contributed by atoms with Crippen LogP contribution in [-0.2, 0) is 4.79 Å². The second-order valence-corrected chi connectivity index (χ2v) is 4.48. The van der Waals surface area contributed by atoms with Crippen LogP contribution in [0, 0.1) is 0 Å². The Kier molecular flexibility index (Phi) is 1.95. The summed E-state index contributed by atoms with van der Waals surface area (Å²) in [5, 5.41) is 11.5. The molecule has 0 bridgehead atoms. The highest BCUT2D eigenvalue weighted by Crippen LogP contribution is 2.41. The Labute approximate surface area is 97.0 Å². The molecular formula is C11H12N2O4. The number of carbonyl (C=O) groups is 2. The number of nitrogens with one attached hydrogen (secondary N) is 2. The van der Waals surface area contributed by atoms with E-state index in [-0.39, 0.29) is 11.6 Å². The largest absolute Gasteiger partial charge is 0.477 e. The third kappa shape index (κ3) is 1.40. The maximum atomic E-state index is 12.0. The molecule has 3 rings (SSSR count). The molecule has 1 fully saturated rings. The number of carboxylic acids is 1. The van der Waals surface area contributed by atoms with Gasteiger partial charge in [-0.3, -0.25) is 4.79 Å². The summed E-state index contributed by atoms with van der Waals surface area (Å²) in [5.74, 6) is -0.493. The van der Waals surface area contributed by atoms with Crippen molar-refractivity contribution >= 4 is 17.7 Å². The van der Waals surface area contributed by atoms with Crippen LogP contribution >= 0.6 is 0 Å². The molecule has 2 aliphatic rings. The summed E-state index contributed by atoms with van der Waals surface area (Å²) >= 11 is 0. The third-order valence-electron chi connectivity index (χ3n) is 3.38. The first-order chi connectivity index (χ1) is 8.11. The molecule has 0 radical (unpaired) electrons. The van der Waals surface area contributed by atoms with Crippen molar-refractivity contribution in [3.8, 4) is 5.75 Å². The smallest absolute Gasteiger partial charge is 0.352 e. The standard InChI is InChI=1S/C11H12N2O4/c14-9(15)6-5-7-8(12-6)13-10(16)11(17-7)3-1-2-4-11/h5,12H,1-4H2,(H,13,16)(H,14,15). The van der Waals surface area contributed by atoms with Crippen LogP contribution in [0.25, 0.3) is 0 Å². The van der Waals surface area contributed by atoms with Gasteiger partial charge in [0.05, 0.1) is 0 Å². The van der Waals surface area contributed by atoms with Crippen molar-refractivity contribution in [3.63, 3.8) is 0 Å². The molecule has 0 saturated heterocycles. The van der Waals surface area contributed by atoms with Crippen LogP contribution in [0.3, 0.4) is 0 Å². The molecule has 1 aromatic rings. The van der Waals surface area contributed by atoms with E-state index in [2.05, 4.69) is 10.3 Å². The van der Waals surface area contributed by atoms with E-state index < -0.39 is 11.6 Å². The molecule has 0 atom stereocenters. The fourth-order valence-electron chi connectivity index (χ4n) is 2.48. The molecule has 17 heavy (non-hydrogen) atoms. The van der Waals surface area contributed by atoms with Gasteiger partial charge in [0.15, 0.2) is 17.2 Å². The molecule has 6 nitrogen and oxygen atoms in total. The van der Waals surface area contributed by atoms with Crippen LogP contribution in [0.1, 0.15) is 36.2 Å². The number of aromatic amines is 1. The lowest BCUT2D eigenvalue weighted by Gasteiger charge is -2.32. The number of rotatable bonds is 1. The highest BCUT2D eigenvalue weighted by atomic mass is 16.5. The summed E-state index contributed by atoms with van der Waals surface area (Å²) in [7, 11) is 0. The van der Waals surface area contributed by atoms with Crippen LogP contribution in [0.2, 0.25) is 0 Å². The second-order valence-electron chi connectivity index (χ2n) is 4.48. The lowest BCUT2D eigenvalue weighted by molar-refractivity contribution is -0.131. The van der Waals surface area contributed by atoms with Gasteiger partial charge in [-0.05, 0) is 25.7 Å². The van der Waals surface area contributed by atoms with Crippen LogP contribution in [0.4, 0.5) is 5.82 Å². The van der Waals surface area contributed by atoms with Gasteiger partial charge >= 0.3 is 5.97 Å². The molecule has 0 unspecified atom stereocenters. The number of fused-ring (bicyclic) bond motifs is 1. The van der Waals surface area contributed by atoms with Crippen molar-refractivity contribution in [1.82, 2.24) is 4.98 Å². The van der Waals surface area contributed by atoms with E-state index in [1.54, 1.807) is 0 Å². The quantitative estimate of drug-likeness (QED) is 0.686. The zero-order valence-corrected chi connectivity index (χ0v) is 9.08. The minimum Gasteiger partial charge on any atom is -0.477 e. The van der Waals surface area contributed by atoms with E-state index in [1.807, 2.05) is 0 Å². The van der Waals surface area contributed by atoms with Crippen molar-refractivity contribution < 1.29 is 19.4 Å². The number of aromatic carboxylic acids is 1. The molecule has 1 amide bonds. The Morgan fingerprint density at radius 2 is 2.12 bits per heavy atom. The lowest BCUT2D eigenvalue weighted by Crippen LogP contribution is -2.48. The van der Waals surface area contributed by atoms with Crippen LogP contribution < -0.4 is 10.1 Å². The number of carboxylic acid groups (broad SMARTS) is 1. The maximum absolute atomic E-state index is 12.0. The van der Waals surface area contributed by atoms with Gasteiger partial charge in [0, 0.05) is 6.07 Å². The number of ether oxygens (including phenoxy) is 1. The zero-order chi connectivity index (χ0) is 12.0. The average Bonchev–Trinajstić information content (AvgIpc) is 2.87. The topological polar surface area (TPSA) is 91.4 Å².